The minimum absolute atomic E-state index is 0.0609. The summed E-state index contributed by atoms with van der Waals surface area (Å²) in [6.07, 6.45) is 5.24. The monoisotopic (exact) mass is 603 g/mol. The molecule has 228 valence electrons. The molecule has 1 atom stereocenters. The standard InChI is InChI=1S/C34H41N3O5S/c1-6-16-35-33(38)24(4)18-25-12-15-30-29(19-25)28(22-37(30)17-7-2)20-26-13-14-27(21-31(26)42-5)34(39)36-43(40,41)32-11-9-8-10-23(32)3/h8-15,19,21-22,24H,6-7,16-18,20H2,1-5H3,(H,35,38)(H,36,39). The molecular formula is C34H41N3O5S. The van der Waals surface area contributed by atoms with Gasteiger partial charge in [-0.2, -0.15) is 0 Å². The maximum Gasteiger partial charge on any atom is 0.265 e. The molecule has 2 N–H and O–H groups in total. The molecule has 0 spiro atoms. The number of nitrogens with zero attached hydrogens (tertiary/aromatic N) is 1. The van der Waals surface area contributed by atoms with E-state index in [1.807, 2.05) is 13.8 Å². The van der Waals surface area contributed by atoms with E-state index in [0.29, 0.717) is 30.7 Å². The maximum absolute atomic E-state index is 13.0. The number of fused-ring (bicyclic) bond motifs is 1. The average molecular weight is 604 g/mol. The van der Waals surface area contributed by atoms with Gasteiger partial charge in [-0.3, -0.25) is 9.59 Å². The van der Waals surface area contributed by atoms with Gasteiger partial charge in [0.1, 0.15) is 5.75 Å². The van der Waals surface area contributed by atoms with Crippen molar-refractivity contribution in [2.45, 2.75) is 64.8 Å². The van der Waals surface area contributed by atoms with Gasteiger partial charge in [-0.25, -0.2) is 13.1 Å². The van der Waals surface area contributed by atoms with Gasteiger partial charge in [-0.15, -0.1) is 0 Å². The molecular weight excluding hydrogens is 562 g/mol. The van der Waals surface area contributed by atoms with Gasteiger partial charge in [0, 0.05) is 48.1 Å². The Balaban J connectivity index is 1.60. The number of carbonyl (C=O) groups is 2. The SMILES string of the molecule is CCCNC(=O)C(C)Cc1ccc2c(c1)c(Cc1ccc(C(=O)NS(=O)(=O)c3ccccc3C)cc1OC)cn2CCC. The zero-order valence-corrected chi connectivity index (χ0v) is 26.4. The Kier molecular flexibility index (Phi) is 10.3. The van der Waals surface area contributed by atoms with Crippen molar-refractivity contribution in [3.63, 3.8) is 0 Å². The average Bonchev–Trinajstić information content (AvgIpc) is 3.32. The van der Waals surface area contributed by atoms with E-state index < -0.39 is 15.9 Å². The Hall–Kier alpha value is -4.11. The third-order valence-electron chi connectivity index (χ3n) is 7.57. The molecule has 0 radical (unpaired) electrons. The first-order chi connectivity index (χ1) is 20.6. The summed E-state index contributed by atoms with van der Waals surface area (Å²) in [7, 11) is -2.50. The van der Waals surface area contributed by atoms with Crippen molar-refractivity contribution in [1.82, 2.24) is 14.6 Å². The maximum atomic E-state index is 13.0. The van der Waals surface area contributed by atoms with Crippen LogP contribution >= 0.6 is 0 Å². The van der Waals surface area contributed by atoms with Crippen LogP contribution in [-0.2, 0) is 34.2 Å². The molecule has 0 fully saturated rings. The highest BCUT2D eigenvalue weighted by Gasteiger charge is 2.22. The number of methoxy groups -OCH3 is 1. The number of rotatable bonds is 13. The third-order valence-corrected chi connectivity index (χ3v) is 9.06. The van der Waals surface area contributed by atoms with Crippen molar-refractivity contribution in [2.24, 2.45) is 5.92 Å². The summed E-state index contributed by atoms with van der Waals surface area (Å²) in [5.41, 5.74) is 4.93. The van der Waals surface area contributed by atoms with Crippen LogP contribution in [0.1, 0.15) is 66.2 Å². The first kappa shape index (κ1) is 31.8. The molecule has 0 saturated carbocycles. The topological polar surface area (TPSA) is 106 Å². The van der Waals surface area contributed by atoms with E-state index >= 15 is 0 Å². The van der Waals surface area contributed by atoms with Crippen molar-refractivity contribution < 1.29 is 22.7 Å². The van der Waals surface area contributed by atoms with Gasteiger partial charge in [0.05, 0.1) is 12.0 Å². The number of nitrogens with one attached hydrogen (secondary N) is 2. The Morgan fingerprint density at radius 2 is 1.74 bits per heavy atom. The predicted molar refractivity (Wildman–Crippen MR) is 170 cm³/mol. The van der Waals surface area contributed by atoms with E-state index in [2.05, 4.69) is 45.9 Å². The highest BCUT2D eigenvalue weighted by Crippen LogP contribution is 2.30. The van der Waals surface area contributed by atoms with Crippen molar-refractivity contribution in [3.05, 3.63) is 94.7 Å². The Morgan fingerprint density at radius 3 is 2.44 bits per heavy atom. The Labute approximate surface area is 254 Å². The molecule has 4 rings (SSSR count). The normalized spacial score (nSPS) is 12.2. The summed E-state index contributed by atoms with van der Waals surface area (Å²) in [6, 6.07) is 17.9. The zero-order valence-electron chi connectivity index (χ0n) is 25.6. The third kappa shape index (κ3) is 7.46. The second-order valence-corrected chi connectivity index (χ2v) is 12.6. The second kappa shape index (κ2) is 13.9. The van der Waals surface area contributed by atoms with Gasteiger partial charge in [0.25, 0.3) is 15.9 Å². The van der Waals surface area contributed by atoms with Crippen LogP contribution in [0.3, 0.4) is 0 Å². The highest BCUT2D eigenvalue weighted by molar-refractivity contribution is 7.90. The largest absolute Gasteiger partial charge is 0.496 e. The van der Waals surface area contributed by atoms with Gasteiger partial charge in [-0.05, 0) is 78.8 Å². The number of amides is 2. The number of aryl methyl sites for hydroxylation is 2. The van der Waals surface area contributed by atoms with E-state index in [0.717, 1.165) is 47.0 Å². The van der Waals surface area contributed by atoms with Crippen LogP contribution in [0.4, 0.5) is 0 Å². The van der Waals surface area contributed by atoms with Crippen LogP contribution in [-0.4, -0.2) is 38.5 Å². The lowest BCUT2D eigenvalue weighted by atomic mass is 9.97. The van der Waals surface area contributed by atoms with Crippen LogP contribution < -0.4 is 14.8 Å². The fourth-order valence-corrected chi connectivity index (χ4v) is 6.53. The lowest BCUT2D eigenvalue weighted by Gasteiger charge is -2.13. The lowest BCUT2D eigenvalue weighted by Crippen LogP contribution is -2.31. The summed E-state index contributed by atoms with van der Waals surface area (Å²) >= 11 is 0. The van der Waals surface area contributed by atoms with Gasteiger partial charge < -0.3 is 14.6 Å². The number of carbonyl (C=O) groups excluding carboxylic acids is 2. The summed E-state index contributed by atoms with van der Waals surface area (Å²) < 4.78 is 35.8. The number of hydrogen-bond acceptors (Lipinski definition) is 5. The molecule has 9 heteroatoms. The van der Waals surface area contributed by atoms with Crippen molar-refractivity contribution in [1.29, 1.82) is 0 Å². The number of hydrogen-bond donors (Lipinski definition) is 2. The van der Waals surface area contributed by atoms with Crippen LogP contribution in [0, 0.1) is 12.8 Å². The van der Waals surface area contributed by atoms with E-state index in [9.17, 15) is 18.0 Å². The molecule has 43 heavy (non-hydrogen) atoms. The molecule has 1 unspecified atom stereocenters. The highest BCUT2D eigenvalue weighted by atomic mass is 32.2. The summed E-state index contributed by atoms with van der Waals surface area (Å²) in [5, 5.41) is 4.10. The molecule has 4 aromatic rings. The van der Waals surface area contributed by atoms with E-state index in [4.69, 9.17) is 4.74 Å². The fraction of sp³-hybridized carbons (Fsp3) is 0.353. The summed E-state index contributed by atoms with van der Waals surface area (Å²) in [4.78, 5) is 25.5. The molecule has 0 bridgehead atoms. The molecule has 8 nitrogen and oxygen atoms in total. The number of ether oxygens (including phenoxy) is 1. The number of benzene rings is 3. The first-order valence-electron chi connectivity index (χ1n) is 14.8. The predicted octanol–water partition coefficient (Wildman–Crippen LogP) is 5.78. The smallest absolute Gasteiger partial charge is 0.265 e. The minimum Gasteiger partial charge on any atom is -0.496 e. The fourth-order valence-electron chi connectivity index (χ4n) is 5.31. The lowest BCUT2D eigenvalue weighted by molar-refractivity contribution is -0.124. The van der Waals surface area contributed by atoms with Gasteiger partial charge in [0.2, 0.25) is 5.91 Å². The van der Waals surface area contributed by atoms with Crippen LogP contribution in [0.5, 0.6) is 5.75 Å². The minimum atomic E-state index is -4.03. The molecule has 3 aromatic carbocycles. The summed E-state index contributed by atoms with van der Waals surface area (Å²) in [6.45, 7) is 9.36. The van der Waals surface area contributed by atoms with Gasteiger partial charge >= 0.3 is 0 Å². The van der Waals surface area contributed by atoms with Crippen LogP contribution in [0.25, 0.3) is 10.9 Å². The molecule has 1 heterocycles. The molecule has 2 amide bonds. The Bertz CT molecular complexity index is 1730. The van der Waals surface area contributed by atoms with Crippen molar-refractivity contribution in [3.8, 4) is 5.75 Å². The van der Waals surface area contributed by atoms with Crippen LogP contribution in [0.2, 0.25) is 0 Å². The second-order valence-electron chi connectivity index (χ2n) is 11.0. The van der Waals surface area contributed by atoms with E-state index in [1.54, 1.807) is 43.3 Å². The van der Waals surface area contributed by atoms with Gasteiger partial charge in [0.15, 0.2) is 0 Å². The van der Waals surface area contributed by atoms with Crippen molar-refractivity contribution in [2.75, 3.05) is 13.7 Å². The van der Waals surface area contributed by atoms with E-state index in [1.165, 1.54) is 13.2 Å². The van der Waals surface area contributed by atoms with Crippen molar-refractivity contribution >= 4 is 32.7 Å². The van der Waals surface area contributed by atoms with Crippen LogP contribution in [0.15, 0.2) is 71.8 Å². The molecule has 0 saturated heterocycles. The quantitative estimate of drug-likeness (QED) is 0.201. The zero-order chi connectivity index (χ0) is 31.1. The molecule has 0 aliphatic heterocycles. The van der Waals surface area contributed by atoms with E-state index in [-0.39, 0.29) is 22.3 Å². The summed E-state index contributed by atoms with van der Waals surface area (Å²) in [5.74, 6) is -0.311. The first-order valence-corrected chi connectivity index (χ1v) is 16.2. The van der Waals surface area contributed by atoms with Gasteiger partial charge in [-0.1, -0.05) is 51.1 Å². The molecule has 0 aliphatic carbocycles. The Morgan fingerprint density at radius 1 is 0.977 bits per heavy atom. The number of sulfonamides is 1. The number of aromatic nitrogens is 1. The molecule has 1 aromatic heterocycles. The molecule has 0 aliphatic rings.